The van der Waals surface area contributed by atoms with Gasteiger partial charge in [-0.3, -0.25) is 0 Å². The van der Waals surface area contributed by atoms with Crippen molar-refractivity contribution in [3.05, 3.63) is 19.1 Å². The zero-order valence-corrected chi connectivity index (χ0v) is 12.1. The molecule has 0 spiro atoms. The highest BCUT2D eigenvalue weighted by atomic mass is 14.0. The predicted octanol–water partition coefficient (Wildman–Crippen LogP) is 6.47. The van der Waals surface area contributed by atoms with Gasteiger partial charge in [-0.15, -0.1) is 0 Å². The van der Waals surface area contributed by atoms with E-state index in [0.29, 0.717) is 0 Å². The largest absolute Gasteiger partial charge is 0.0888 e. The molecule has 0 fully saturated rings. The lowest BCUT2D eigenvalue weighted by molar-refractivity contribution is 0.553. The minimum Gasteiger partial charge on any atom is -0.0888 e. The summed E-state index contributed by atoms with van der Waals surface area (Å²) in [5, 5.41) is 0. The zero-order valence-electron chi connectivity index (χ0n) is 12.1. The minimum atomic E-state index is 1.12. The summed E-state index contributed by atoms with van der Waals surface area (Å²) in [5.41, 5.74) is 0. The van der Waals surface area contributed by atoms with Crippen molar-refractivity contribution in [3.63, 3.8) is 0 Å². The van der Waals surface area contributed by atoms with Crippen LogP contribution in [0.3, 0.4) is 0 Å². The van der Waals surface area contributed by atoms with E-state index in [1.165, 1.54) is 77.0 Å². The van der Waals surface area contributed by atoms with Crippen LogP contribution >= 0.6 is 0 Å². The quantitative estimate of drug-likeness (QED) is 0.254. The topological polar surface area (TPSA) is 0 Å². The molecule has 0 heterocycles. The number of allylic oxidation sites excluding steroid dienone is 2. The number of unbranched alkanes of at least 4 members (excludes halogenated alkanes) is 11. The first-order valence-electron chi connectivity index (χ1n) is 7.86. The molecule has 0 aromatic heterocycles. The fraction of sp³-hybridized carbons (Fsp3) is 0.824. The van der Waals surface area contributed by atoms with Crippen LogP contribution in [0.4, 0.5) is 0 Å². The van der Waals surface area contributed by atoms with E-state index in [1.54, 1.807) is 0 Å². The van der Waals surface area contributed by atoms with E-state index in [-0.39, 0.29) is 0 Å². The van der Waals surface area contributed by atoms with E-state index in [9.17, 15) is 0 Å². The van der Waals surface area contributed by atoms with Gasteiger partial charge in [-0.1, -0.05) is 90.2 Å². The monoisotopic (exact) mass is 237 g/mol. The van der Waals surface area contributed by atoms with Crippen LogP contribution in [0, 0.1) is 6.92 Å². The van der Waals surface area contributed by atoms with Crippen molar-refractivity contribution in [2.75, 3.05) is 0 Å². The SMILES string of the molecule is [CH2]CCCCCCCCCCCCC=CCC. The molecule has 0 aliphatic heterocycles. The van der Waals surface area contributed by atoms with Crippen LogP contribution in [0.25, 0.3) is 0 Å². The van der Waals surface area contributed by atoms with Crippen LogP contribution in [-0.4, -0.2) is 0 Å². The molecule has 0 aromatic rings. The van der Waals surface area contributed by atoms with Gasteiger partial charge in [-0.05, 0) is 19.3 Å². The van der Waals surface area contributed by atoms with Crippen LogP contribution in [-0.2, 0) is 0 Å². The second-order valence-electron chi connectivity index (χ2n) is 5.06. The standard InChI is InChI=1S/C17H33/c1-3-5-7-9-11-13-15-17-16-14-12-10-8-6-4-2/h6,8H,1,3-5,7,9-17H2,2H3. The Balaban J connectivity index is 2.91. The van der Waals surface area contributed by atoms with Crippen LogP contribution in [0.5, 0.6) is 0 Å². The Morgan fingerprint density at radius 2 is 1.12 bits per heavy atom. The van der Waals surface area contributed by atoms with Gasteiger partial charge in [0, 0.05) is 0 Å². The Bertz CT molecular complexity index is 146. The van der Waals surface area contributed by atoms with Crippen molar-refractivity contribution < 1.29 is 0 Å². The van der Waals surface area contributed by atoms with Crippen LogP contribution in [0.1, 0.15) is 90.4 Å². The van der Waals surface area contributed by atoms with E-state index < -0.39 is 0 Å². The molecule has 17 heavy (non-hydrogen) atoms. The second-order valence-corrected chi connectivity index (χ2v) is 5.06. The van der Waals surface area contributed by atoms with Crippen molar-refractivity contribution in [1.29, 1.82) is 0 Å². The highest BCUT2D eigenvalue weighted by molar-refractivity contribution is 4.79. The molecule has 0 saturated heterocycles. The van der Waals surface area contributed by atoms with E-state index in [2.05, 4.69) is 26.0 Å². The third-order valence-corrected chi connectivity index (χ3v) is 3.27. The summed E-state index contributed by atoms with van der Waals surface area (Å²) in [5.74, 6) is 0. The van der Waals surface area contributed by atoms with Crippen LogP contribution < -0.4 is 0 Å². The van der Waals surface area contributed by atoms with Crippen molar-refractivity contribution in [3.8, 4) is 0 Å². The molecule has 0 aliphatic carbocycles. The van der Waals surface area contributed by atoms with Gasteiger partial charge in [0.25, 0.3) is 0 Å². The van der Waals surface area contributed by atoms with Crippen molar-refractivity contribution in [2.45, 2.75) is 90.4 Å². The third-order valence-electron chi connectivity index (χ3n) is 3.27. The van der Waals surface area contributed by atoms with E-state index >= 15 is 0 Å². The number of hydrogen-bond acceptors (Lipinski definition) is 0. The molecular formula is C17H33. The molecule has 0 aromatic carbocycles. The summed E-state index contributed by atoms with van der Waals surface area (Å²) in [6.45, 7) is 6.08. The normalized spacial score (nSPS) is 11.4. The zero-order chi connectivity index (χ0) is 12.6. The molecule has 0 heteroatoms. The number of rotatable bonds is 13. The van der Waals surface area contributed by atoms with E-state index in [1.807, 2.05) is 0 Å². The summed E-state index contributed by atoms with van der Waals surface area (Å²) in [6, 6.07) is 0. The number of hydrogen-bond donors (Lipinski definition) is 0. The molecular weight excluding hydrogens is 204 g/mol. The Labute approximate surface area is 110 Å². The fourth-order valence-corrected chi connectivity index (χ4v) is 2.14. The average Bonchev–Trinajstić information content (AvgIpc) is 2.35. The van der Waals surface area contributed by atoms with Gasteiger partial charge < -0.3 is 0 Å². The van der Waals surface area contributed by atoms with Gasteiger partial charge in [-0.25, -0.2) is 0 Å². The Morgan fingerprint density at radius 3 is 1.59 bits per heavy atom. The maximum absolute atomic E-state index is 3.88. The summed E-state index contributed by atoms with van der Waals surface area (Å²) in [7, 11) is 0. The van der Waals surface area contributed by atoms with Gasteiger partial charge in [0.2, 0.25) is 0 Å². The lowest BCUT2D eigenvalue weighted by Gasteiger charge is -2.01. The summed E-state index contributed by atoms with van der Waals surface area (Å²) >= 11 is 0. The Hall–Kier alpha value is -0.260. The highest BCUT2D eigenvalue weighted by Gasteiger charge is 1.92. The van der Waals surface area contributed by atoms with Gasteiger partial charge in [0.1, 0.15) is 0 Å². The molecule has 0 unspecified atom stereocenters. The average molecular weight is 237 g/mol. The first-order chi connectivity index (χ1) is 8.41. The Morgan fingerprint density at radius 1 is 0.647 bits per heavy atom. The molecule has 0 bridgehead atoms. The molecule has 0 nitrogen and oxygen atoms in total. The summed E-state index contributed by atoms with van der Waals surface area (Å²) < 4.78 is 0. The molecule has 0 rings (SSSR count). The fourth-order valence-electron chi connectivity index (χ4n) is 2.14. The van der Waals surface area contributed by atoms with Crippen molar-refractivity contribution in [1.82, 2.24) is 0 Å². The molecule has 0 N–H and O–H groups in total. The first kappa shape index (κ1) is 16.7. The maximum Gasteiger partial charge on any atom is -0.0351 e. The predicted molar refractivity (Wildman–Crippen MR) is 80.2 cm³/mol. The van der Waals surface area contributed by atoms with Crippen molar-refractivity contribution >= 4 is 0 Å². The summed E-state index contributed by atoms with van der Waals surface area (Å²) in [6.07, 6.45) is 22.4. The molecule has 0 saturated carbocycles. The van der Waals surface area contributed by atoms with Crippen LogP contribution in [0.15, 0.2) is 12.2 Å². The second kappa shape index (κ2) is 15.7. The Kier molecular flexibility index (Phi) is 15.5. The smallest absolute Gasteiger partial charge is 0.0351 e. The summed E-state index contributed by atoms with van der Waals surface area (Å²) in [4.78, 5) is 0. The molecule has 0 atom stereocenters. The molecule has 0 aliphatic rings. The molecule has 101 valence electrons. The minimum absolute atomic E-state index is 1.12. The first-order valence-corrected chi connectivity index (χ1v) is 7.86. The van der Waals surface area contributed by atoms with Crippen molar-refractivity contribution in [2.24, 2.45) is 0 Å². The van der Waals surface area contributed by atoms with E-state index in [0.717, 1.165) is 6.42 Å². The molecule has 1 radical (unpaired) electrons. The maximum atomic E-state index is 3.88. The lowest BCUT2D eigenvalue weighted by Crippen LogP contribution is -1.81. The third kappa shape index (κ3) is 15.7. The van der Waals surface area contributed by atoms with Crippen LogP contribution in [0.2, 0.25) is 0 Å². The highest BCUT2D eigenvalue weighted by Crippen LogP contribution is 2.11. The van der Waals surface area contributed by atoms with E-state index in [4.69, 9.17) is 0 Å². The molecule has 0 amide bonds. The van der Waals surface area contributed by atoms with Gasteiger partial charge in [0.15, 0.2) is 0 Å². The van der Waals surface area contributed by atoms with Gasteiger partial charge >= 0.3 is 0 Å². The van der Waals surface area contributed by atoms with Gasteiger partial charge in [-0.2, -0.15) is 0 Å². The lowest BCUT2D eigenvalue weighted by atomic mass is 10.1. The van der Waals surface area contributed by atoms with Gasteiger partial charge in [0.05, 0.1) is 0 Å².